The molecule has 184 valence electrons. The van der Waals surface area contributed by atoms with Crippen molar-refractivity contribution in [2.45, 2.75) is 65.8 Å². The third kappa shape index (κ3) is 8.92. The van der Waals surface area contributed by atoms with Gasteiger partial charge >= 0.3 is 11.9 Å². The molecule has 0 bridgehead atoms. The molecule has 0 aliphatic heterocycles. The number of esters is 2. The summed E-state index contributed by atoms with van der Waals surface area (Å²) in [5.74, 6) is -1.59. The van der Waals surface area contributed by atoms with Crippen molar-refractivity contribution in [3.05, 3.63) is 47.4 Å². The van der Waals surface area contributed by atoms with Gasteiger partial charge in [0.05, 0.1) is 19.4 Å². The zero-order valence-electron chi connectivity index (χ0n) is 20.3. The highest BCUT2D eigenvalue weighted by Gasteiger charge is 2.15. The molecule has 2 rings (SSSR count). The van der Waals surface area contributed by atoms with Gasteiger partial charge in [0.1, 0.15) is 11.5 Å². The predicted molar refractivity (Wildman–Crippen MR) is 130 cm³/mol. The van der Waals surface area contributed by atoms with E-state index in [1.807, 2.05) is 0 Å². The quantitative estimate of drug-likeness (QED) is 0.203. The zero-order chi connectivity index (χ0) is 24.8. The Morgan fingerprint density at radius 2 is 1.47 bits per heavy atom. The van der Waals surface area contributed by atoms with Gasteiger partial charge in [0.15, 0.2) is 0 Å². The van der Waals surface area contributed by atoms with Gasteiger partial charge in [-0.15, -0.1) is 5.10 Å². The maximum absolute atomic E-state index is 14.4. The molecule has 0 N–H and O–H groups in total. The Balaban J connectivity index is 2.34. The number of nitrogens with zero attached hydrogens (tertiary/aromatic N) is 3. The summed E-state index contributed by atoms with van der Waals surface area (Å²) in [7, 11) is 0. The second-order valence-electron chi connectivity index (χ2n) is 7.76. The molecule has 0 fully saturated rings. The summed E-state index contributed by atoms with van der Waals surface area (Å²) in [5, 5.41) is 8.51. The fourth-order valence-electron chi connectivity index (χ4n) is 3.48. The van der Waals surface area contributed by atoms with Gasteiger partial charge in [-0.1, -0.05) is 44.2 Å². The van der Waals surface area contributed by atoms with Crippen molar-refractivity contribution in [2.75, 3.05) is 13.2 Å². The first kappa shape index (κ1) is 27.0. The molecule has 1 heterocycles. The summed E-state index contributed by atoms with van der Waals surface area (Å²) in [6.07, 6.45) is 14.2. The van der Waals surface area contributed by atoms with E-state index in [-0.39, 0.29) is 13.2 Å². The maximum Gasteiger partial charge on any atom is 0.330 e. The smallest absolute Gasteiger partial charge is 0.330 e. The molecule has 0 spiro atoms. The van der Waals surface area contributed by atoms with E-state index in [9.17, 15) is 14.0 Å². The Bertz CT molecular complexity index is 949. The van der Waals surface area contributed by atoms with Crippen molar-refractivity contribution >= 4 is 24.1 Å². The first-order valence-electron chi connectivity index (χ1n) is 11.9. The van der Waals surface area contributed by atoms with Crippen molar-refractivity contribution in [1.29, 1.82) is 0 Å². The summed E-state index contributed by atoms with van der Waals surface area (Å²) in [6.45, 7) is 6.81. The minimum absolute atomic E-state index is 0.236. The first-order valence-corrected chi connectivity index (χ1v) is 11.9. The van der Waals surface area contributed by atoms with Crippen molar-refractivity contribution in [2.24, 2.45) is 0 Å². The minimum atomic E-state index is -0.534. The van der Waals surface area contributed by atoms with E-state index < -0.39 is 17.8 Å². The number of ether oxygens (including phenoxy) is 2. The van der Waals surface area contributed by atoms with Gasteiger partial charge in [-0.05, 0) is 55.7 Å². The van der Waals surface area contributed by atoms with E-state index in [4.69, 9.17) is 9.47 Å². The van der Waals surface area contributed by atoms with Crippen LogP contribution in [0, 0.1) is 5.82 Å². The molecule has 8 heteroatoms. The summed E-state index contributed by atoms with van der Waals surface area (Å²) >= 11 is 0. The second-order valence-corrected chi connectivity index (χ2v) is 7.76. The number of aryl methyl sites for hydroxylation is 1. The molecule has 0 amide bonds. The summed E-state index contributed by atoms with van der Waals surface area (Å²) < 4.78 is 26.1. The number of aromatic nitrogens is 3. The summed E-state index contributed by atoms with van der Waals surface area (Å²) in [4.78, 5) is 23.7. The third-order valence-electron chi connectivity index (χ3n) is 5.07. The number of hydrogen-bond acceptors (Lipinski definition) is 6. The molecule has 0 aliphatic rings. The van der Waals surface area contributed by atoms with Crippen LogP contribution in [0.25, 0.3) is 23.4 Å². The fourth-order valence-corrected chi connectivity index (χ4v) is 3.48. The lowest BCUT2D eigenvalue weighted by Crippen LogP contribution is -2.00. The standard InChI is InChI=1S/C26H34FN3O4/c1-4-7-8-9-10-11-16-30-19-23(28-29-30)26-20(12-14-24(31)33-5-2)17-22(27)18-21(26)13-15-25(32)34-6-3/h12-15,17-19H,4-11,16H2,1-3H3/b14-12+,15-13+. The number of halogens is 1. The number of benzene rings is 1. The van der Waals surface area contributed by atoms with Crippen LogP contribution in [0.1, 0.15) is 70.4 Å². The molecular weight excluding hydrogens is 437 g/mol. The monoisotopic (exact) mass is 471 g/mol. The molecule has 1 aromatic carbocycles. The number of rotatable bonds is 14. The Labute approximate surface area is 200 Å². The topological polar surface area (TPSA) is 83.3 Å². The lowest BCUT2D eigenvalue weighted by Gasteiger charge is -2.09. The number of carbonyl (C=O) groups is 2. The van der Waals surface area contributed by atoms with E-state index in [0.717, 1.165) is 19.4 Å². The highest BCUT2D eigenvalue weighted by Crippen LogP contribution is 2.30. The molecule has 1 aromatic heterocycles. The normalized spacial score (nSPS) is 11.4. The van der Waals surface area contributed by atoms with Crippen LogP contribution in [0.5, 0.6) is 0 Å². The van der Waals surface area contributed by atoms with Crippen LogP contribution < -0.4 is 0 Å². The van der Waals surface area contributed by atoms with Crippen LogP contribution in [-0.2, 0) is 25.6 Å². The molecule has 0 aliphatic carbocycles. The van der Waals surface area contributed by atoms with Crippen molar-refractivity contribution in [3.63, 3.8) is 0 Å². The molecule has 0 radical (unpaired) electrons. The van der Waals surface area contributed by atoms with E-state index in [0.29, 0.717) is 22.4 Å². The summed E-state index contributed by atoms with van der Waals surface area (Å²) in [6, 6.07) is 2.61. The van der Waals surface area contributed by atoms with Crippen LogP contribution in [0.3, 0.4) is 0 Å². The average molecular weight is 472 g/mol. The largest absolute Gasteiger partial charge is 0.463 e. The molecule has 0 atom stereocenters. The van der Waals surface area contributed by atoms with Gasteiger partial charge < -0.3 is 9.47 Å². The Morgan fingerprint density at radius 3 is 2.03 bits per heavy atom. The van der Waals surface area contributed by atoms with Gasteiger partial charge in [0, 0.05) is 24.3 Å². The van der Waals surface area contributed by atoms with E-state index in [1.165, 1.54) is 62.1 Å². The van der Waals surface area contributed by atoms with Crippen LogP contribution in [0.4, 0.5) is 4.39 Å². The van der Waals surface area contributed by atoms with Gasteiger partial charge in [-0.25, -0.2) is 14.0 Å². The van der Waals surface area contributed by atoms with E-state index in [2.05, 4.69) is 17.2 Å². The lowest BCUT2D eigenvalue weighted by atomic mass is 9.97. The first-order chi connectivity index (χ1) is 16.5. The molecule has 2 aromatic rings. The Morgan fingerprint density at radius 1 is 0.912 bits per heavy atom. The highest BCUT2D eigenvalue weighted by atomic mass is 19.1. The predicted octanol–water partition coefficient (Wildman–Crippen LogP) is 5.60. The maximum atomic E-state index is 14.4. The average Bonchev–Trinajstić information content (AvgIpc) is 3.27. The van der Waals surface area contributed by atoms with E-state index in [1.54, 1.807) is 24.7 Å². The van der Waals surface area contributed by atoms with Crippen molar-refractivity contribution in [3.8, 4) is 11.3 Å². The van der Waals surface area contributed by atoms with Crippen molar-refractivity contribution in [1.82, 2.24) is 15.0 Å². The SMILES string of the molecule is CCCCCCCCn1cc(-c2c(/C=C/C(=O)OCC)cc(F)cc2/C=C/C(=O)OCC)nn1. The van der Waals surface area contributed by atoms with Crippen LogP contribution in [-0.4, -0.2) is 40.1 Å². The van der Waals surface area contributed by atoms with Crippen molar-refractivity contribution < 1.29 is 23.5 Å². The molecule has 0 saturated heterocycles. The van der Waals surface area contributed by atoms with Gasteiger partial charge in [-0.3, -0.25) is 4.68 Å². The molecule has 0 unspecified atom stereocenters. The molecular formula is C26H34FN3O4. The molecule has 34 heavy (non-hydrogen) atoms. The minimum Gasteiger partial charge on any atom is -0.463 e. The zero-order valence-corrected chi connectivity index (χ0v) is 20.3. The number of unbranched alkanes of at least 4 members (excludes halogenated alkanes) is 5. The van der Waals surface area contributed by atoms with E-state index >= 15 is 0 Å². The van der Waals surface area contributed by atoms with Crippen LogP contribution in [0.15, 0.2) is 30.5 Å². The fraction of sp³-hybridized carbons (Fsp3) is 0.462. The summed E-state index contributed by atoms with van der Waals surface area (Å²) in [5.41, 5.74) is 1.90. The van der Waals surface area contributed by atoms with Crippen LogP contribution in [0.2, 0.25) is 0 Å². The Kier molecular flexibility index (Phi) is 11.7. The number of hydrogen-bond donors (Lipinski definition) is 0. The Hall–Kier alpha value is -3.29. The molecule has 0 saturated carbocycles. The third-order valence-corrected chi connectivity index (χ3v) is 5.07. The highest BCUT2D eigenvalue weighted by molar-refractivity contribution is 5.92. The second kappa shape index (κ2) is 14.8. The lowest BCUT2D eigenvalue weighted by molar-refractivity contribution is -0.138. The van der Waals surface area contributed by atoms with Gasteiger partial charge in [-0.2, -0.15) is 0 Å². The number of carbonyl (C=O) groups excluding carboxylic acids is 2. The van der Waals surface area contributed by atoms with Crippen LogP contribution >= 0.6 is 0 Å². The van der Waals surface area contributed by atoms with Gasteiger partial charge in [0.2, 0.25) is 0 Å². The van der Waals surface area contributed by atoms with Gasteiger partial charge in [0.25, 0.3) is 0 Å². The molecule has 7 nitrogen and oxygen atoms in total.